The third-order valence-corrected chi connectivity index (χ3v) is 4.78. The molecule has 1 saturated heterocycles. The molecule has 0 amide bonds. The van der Waals surface area contributed by atoms with E-state index in [1.807, 2.05) is 0 Å². The second-order valence-electron chi connectivity index (χ2n) is 7.14. The number of hydrogen-bond acceptors (Lipinski definition) is 4. The maximum absolute atomic E-state index is 4.61. The molecule has 4 nitrogen and oxygen atoms in total. The first-order valence-corrected chi connectivity index (χ1v) is 7.80. The minimum atomic E-state index is 0.271. The van der Waals surface area contributed by atoms with Gasteiger partial charge in [-0.15, -0.1) is 0 Å². The molecular weight excluding hydrogens is 248 g/mol. The third-order valence-electron chi connectivity index (χ3n) is 4.78. The fourth-order valence-electron chi connectivity index (χ4n) is 3.46. The lowest BCUT2D eigenvalue weighted by molar-refractivity contribution is 0.128. The summed E-state index contributed by atoms with van der Waals surface area (Å²) in [5, 5.41) is 0. The minimum Gasteiger partial charge on any atom is -0.354 e. The molecular formula is C16H26N4. The summed E-state index contributed by atoms with van der Waals surface area (Å²) in [4.78, 5) is 14.1. The van der Waals surface area contributed by atoms with Gasteiger partial charge in [0, 0.05) is 43.0 Å². The number of aryl methyl sites for hydroxylation is 1. The smallest absolute Gasteiger partial charge is 0.135 e. The number of nitrogens with zero attached hydrogens (tertiary/aromatic N) is 4. The Bertz CT molecular complexity index is 484. The van der Waals surface area contributed by atoms with Crippen LogP contribution in [0.1, 0.15) is 51.3 Å². The number of aromatic nitrogens is 2. The molecule has 110 valence electrons. The van der Waals surface area contributed by atoms with Crippen LogP contribution in [0.4, 0.5) is 5.82 Å². The molecule has 20 heavy (non-hydrogen) atoms. The number of anilines is 1. The van der Waals surface area contributed by atoms with Gasteiger partial charge in [0.05, 0.1) is 0 Å². The molecule has 1 aliphatic heterocycles. The van der Waals surface area contributed by atoms with Crippen LogP contribution in [0.5, 0.6) is 0 Å². The van der Waals surface area contributed by atoms with E-state index in [0.29, 0.717) is 5.92 Å². The summed E-state index contributed by atoms with van der Waals surface area (Å²) in [7, 11) is 0. The monoisotopic (exact) mass is 274 g/mol. The predicted molar refractivity (Wildman–Crippen MR) is 82.3 cm³/mol. The summed E-state index contributed by atoms with van der Waals surface area (Å²) in [6.07, 6.45) is 4.10. The largest absolute Gasteiger partial charge is 0.354 e. The van der Waals surface area contributed by atoms with Gasteiger partial charge < -0.3 is 4.90 Å². The Kier molecular flexibility index (Phi) is 3.44. The molecule has 1 aromatic heterocycles. The highest BCUT2D eigenvalue weighted by molar-refractivity contribution is 5.52. The van der Waals surface area contributed by atoms with E-state index in [-0.39, 0.29) is 5.54 Å². The number of piperazine rings is 1. The van der Waals surface area contributed by atoms with Crippen LogP contribution in [0, 0.1) is 0 Å². The molecule has 1 fully saturated rings. The lowest BCUT2D eigenvalue weighted by Gasteiger charge is -2.43. The maximum Gasteiger partial charge on any atom is 0.135 e. The van der Waals surface area contributed by atoms with Gasteiger partial charge in [0.15, 0.2) is 0 Å². The fourth-order valence-corrected chi connectivity index (χ4v) is 3.46. The summed E-state index contributed by atoms with van der Waals surface area (Å²) < 4.78 is 0. The second-order valence-corrected chi connectivity index (χ2v) is 7.14. The van der Waals surface area contributed by atoms with E-state index in [1.165, 1.54) is 23.5 Å². The Morgan fingerprint density at radius 3 is 2.45 bits per heavy atom. The van der Waals surface area contributed by atoms with Gasteiger partial charge in [0.1, 0.15) is 12.1 Å². The molecule has 0 unspecified atom stereocenters. The Hall–Kier alpha value is -1.16. The Morgan fingerprint density at radius 1 is 1.10 bits per heavy atom. The van der Waals surface area contributed by atoms with Crippen LogP contribution >= 0.6 is 0 Å². The molecule has 1 atom stereocenters. The Labute approximate surface area is 122 Å². The number of hydrogen-bond donors (Lipinski definition) is 0. The van der Waals surface area contributed by atoms with E-state index < -0.39 is 0 Å². The summed E-state index contributed by atoms with van der Waals surface area (Å²) >= 11 is 0. The average Bonchev–Trinajstić information content (AvgIpc) is 2.80. The summed E-state index contributed by atoms with van der Waals surface area (Å²) in [6, 6.07) is 0. The van der Waals surface area contributed by atoms with Crippen LogP contribution in [-0.4, -0.2) is 46.6 Å². The van der Waals surface area contributed by atoms with E-state index in [9.17, 15) is 0 Å². The van der Waals surface area contributed by atoms with Crippen molar-refractivity contribution < 1.29 is 0 Å². The normalized spacial score (nSPS) is 24.0. The lowest BCUT2D eigenvalue weighted by atomic mass is 10.0. The molecule has 0 bridgehead atoms. The van der Waals surface area contributed by atoms with Gasteiger partial charge >= 0.3 is 0 Å². The van der Waals surface area contributed by atoms with Crippen LogP contribution in [0.25, 0.3) is 0 Å². The predicted octanol–water partition coefficient (Wildman–Crippen LogP) is 2.45. The van der Waals surface area contributed by atoms with Crippen molar-refractivity contribution in [2.45, 2.75) is 52.0 Å². The highest BCUT2D eigenvalue weighted by atomic mass is 15.3. The van der Waals surface area contributed by atoms with Gasteiger partial charge in [-0.3, -0.25) is 4.90 Å². The SMILES string of the molecule is C[C@@H]1CCc2ncnc(N3CCN(C(C)(C)C)CC3)c21. The zero-order valence-corrected chi connectivity index (χ0v) is 13.2. The molecule has 1 aliphatic carbocycles. The van der Waals surface area contributed by atoms with Crippen LogP contribution in [-0.2, 0) is 6.42 Å². The Morgan fingerprint density at radius 2 is 1.80 bits per heavy atom. The molecule has 0 aromatic carbocycles. The van der Waals surface area contributed by atoms with Gasteiger partial charge in [0.25, 0.3) is 0 Å². The van der Waals surface area contributed by atoms with Crippen molar-refractivity contribution in [1.29, 1.82) is 0 Å². The highest BCUT2D eigenvalue weighted by Crippen LogP contribution is 2.37. The average molecular weight is 274 g/mol. The molecule has 1 aromatic rings. The van der Waals surface area contributed by atoms with Gasteiger partial charge in [-0.05, 0) is 39.5 Å². The molecule has 0 spiro atoms. The van der Waals surface area contributed by atoms with E-state index in [1.54, 1.807) is 6.33 Å². The molecule has 2 heterocycles. The first-order chi connectivity index (χ1) is 9.47. The highest BCUT2D eigenvalue weighted by Gasteiger charge is 2.30. The van der Waals surface area contributed by atoms with Crippen LogP contribution < -0.4 is 4.90 Å². The standard InChI is InChI=1S/C16H26N4/c1-12-5-6-13-14(12)15(18-11-17-13)19-7-9-20(10-8-19)16(2,3)4/h11-12H,5-10H2,1-4H3/t12-/m1/s1. The van der Waals surface area contributed by atoms with Crippen molar-refractivity contribution in [3.05, 3.63) is 17.6 Å². The van der Waals surface area contributed by atoms with E-state index >= 15 is 0 Å². The first kappa shape index (κ1) is 13.8. The van der Waals surface area contributed by atoms with Crippen molar-refractivity contribution in [2.24, 2.45) is 0 Å². The molecule has 4 heteroatoms. The van der Waals surface area contributed by atoms with Crippen molar-refractivity contribution in [2.75, 3.05) is 31.1 Å². The zero-order valence-electron chi connectivity index (χ0n) is 13.2. The topological polar surface area (TPSA) is 32.3 Å². The third kappa shape index (κ3) is 2.41. The van der Waals surface area contributed by atoms with Gasteiger partial charge in [-0.25, -0.2) is 9.97 Å². The quantitative estimate of drug-likeness (QED) is 0.787. The summed E-state index contributed by atoms with van der Waals surface area (Å²) in [5.74, 6) is 1.82. The molecule has 2 aliphatic rings. The van der Waals surface area contributed by atoms with Crippen molar-refractivity contribution in [3.63, 3.8) is 0 Å². The summed E-state index contributed by atoms with van der Waals surface area (Å²) in [6.45, 7) is 13.6. The minimum absolute atomic E-state index is 0.271. The van der Waals surface area contributed by atoms with Gasteiger partial charge in [-0.1, -0.05) is 6.92 Å². The van der Waals surface area contributed by atoms with Crippen LogP contribution in [0.15, 0.2) is 6.33 Å². The molecule has 0 radical (unpaired) electrons. The van der Waals surface area contributed by atoms with Crippen molar-refractivity contribution >= 4 is 5.82 Å². The Balaban J connectivity index is 1.78. The molecule has 3 rings (SSSR count). The van der Waals surface area contributed by atoms with Crippen molar-refractivity contribution in [3.8, 4) is 0 Å². The lowest BCUT2D eigenvalue weighted by Crippen LogP contribution is -2.53. The van der Waals surface area contributed by atoms with Crippen molar-refractivity contribution in [1.82, 2.24) is 14.9 Å². The van der Waals surface area contributed by atoms with E-state index in [4.69, 9.17) is 0 Å². The van der Waals surface area contributed by atoms with Crippen LogP contribution in [0.2, 0.25) is 0 Å². The fraction of sp³-hybridized carbons (Fsp3) is 0.750. The molecule has 0 saturated carbocycles. The number of fused-ring (bicyclic) bond motifs is 1. The summed E-state index contributed by atoms with van der Waals surface area (Å²) in [5.41, 5.74) is 2.96. The van der Waals surface area contributed by atoms with Crippen LogP contribution in [0.3, 0.4) is 0 Å². The second kappa shape index (κ2) is 4.99. The zero-order chi connectivity index (χ0) is 14.3. The maximum atomic E-state index is 4.61. The molecule has 0 N–H and O–H groups in total. The first-order valence-electron chi connectivity index (χ1n) is 7.80. The van der Waals surface area contributed by atoms with Gasteiger partial charge in [0.2, 0.25) is 0 Å². The van der Waals surface area contributed by atoms with E-state index in [0.717, 1.165) is 32.6 Å². The van der Waals surface area contributed by atoms with E-state index in [2.05, 4.69) is 47.5 Å². The number of rotatable bonds is 1. The van der Waals surface area contributed by atoms with Gasteiger partial charge in [-0.2, -0.15) is 0 Å².